The van der Waals surface area contributed by atoms with Gasteiger partial charge in [-0.3, -0.25) is 4.40 Å². The van der Waals surface area contributed by atoms with Crippen molar-refractivity contribution in [1.29, 1.82) is 0 Å². The van der Waals surface area contributed by atoms with Gasteiger partial charge in [-0.25, -0.2) is 4.98 Å². The highest BCUT2D eigenvalue weighted by atomic mass is 16.5. The van der Waals surface area contributed by atoms with Gasteiger partial charge in [0.2, 0.25) is 0 Å². The highest BCUT2D eigenvalue weighted by molar-refractivity contribution is 5.96. The lowest BCUT2D eigenvalue weighted by Crippen LogP contribution is -2.28. The molecule has 2 aromatic heterocycles. The van der Waals surface area contributed by atoms with Crippen LogP contribution < -0.4 is 4.90 Å². The summed E-state index contributed by atoms with van der Waals surface area (Å²) in [5.74, 6) is 1.13. The molecule has 0 saturated carbocycles. The third kappa shape index (κ3) is 3.06. The molecular weight excluding hydrogens is 334 g/mol. The number of aromatic nitrogens is 2. The first kappa shape index (κ1) is 17.6. The number of hydrogen-bond acceptors (Lipinski definition) is 3. The highest BCUT2D eigenvalue weighted by Gasteiger charge is 2.21. The van der Waals surface area contributed by atoms with Crippen molar-refractivity contribution in [3.63, 3.8) is 0 Å². The molecule has 0 unspecified atom stereocenters. The van der Waals surface area contributed by atoms with Crippen molar-refractivity contribution in [2.75, 3.05) is 31.7 Å². The number of pyridine rings is 1. The topological polar surface area (TPSA) is 29.8 Å². The van der Waals surface area contributed by atoms with Crippen molar-refractivity contribution in [1.82, 2.24) is 9.38 Å². The van der Waals surface area contributed by atoms with E-state index in [1.54, 1.807) is 7.11 Å². The number of ether oxygens (including phenoxy) is 1. The van der Waals surface area contributed by atoms with Crippen molar-refractivity contribution in [2.24, 2.45) is 0 Å². The number of likely N-dealkylation sites (N-methyl/N-ethyl adjacent to an activating group) is 1. The third-order valence-corrected chi connectivity index (χ3v) is 5.14. The first-order chi connectivity index (χ1) is 13.2. The van der Waals surface area contributed by atoms with Crippen LogP contribution in [0, 0.1) is 6.92 Å². The summed E-state index contributed by atoms with van der Waals surface area (Å²) in [6, 6.07) is 19.1. The van der Waals surface area contributed by atoms with Crippen LogP contribution in [0.1, 0.15) is 12.5 Å². The first-order valence-corrected chi connectivity index (χ1v) is 9.44. The molecule has 0 spiro atoms. The maximum Gasteiger partial charge on any atom is 0.147 e. The van der Waals surface area contributed by atoms with E-state index in [2.05, 4.69) is 83.9 Å². The number of fused-ring (bicyclic) bond motifs is 3. The molecule has 4 rings (SSSR count). The van der Waals surface area contributed by atoms with Crippen LogP contribution in [-0.4, -0.2) is 36.2 Å². The molecule has 0 radical (unpaired) electrons. The Morgan fingerprint density at radius 2 is 1.81 bits per heavy atom. The third-order valence-electron chi connectivity index (χ3n) is 5.14. The maximum atomic E-state index is 5.35. The first-order valence-electron chi connectivity index (χ1n) is 9.44. The fourth-order valence-electron chi connectivity index (χ4n) is 3.69. The maximum absolute atomic E-state index is 5.35. The molecule has 4 aromatic rings. The van der Waals surface area contributed by atoms with Gasteiger partial charge in [-0.15, -0.1) is 0 Å². The van der Waals surface area contributed by atoms with Gasteiger partial charge in [0.15, 0.2) is 0 Å². The van der Waals surface area contributed by atoms with E-state index < -0.39 is 0 Å². The van der Waals surface area contributed by atoms with Gasteiger partial charge in [0, 0.05) is 37.3 Å². The van der Waals surface area contributed by atoms with Crippen molar-refractivity contribution in [2.45, 2.75) is 13.8 Å². The van der Waals surface area contributed by atoms with E-state index in [4.69, 9.17) is 9.72 Å². The minimum absolute atomic E-state index is 0.682. The zero-order valence-electron chi connectivity index (χ0n) is 16.1. The van der Waals surface area contributed by atoms with Crippen molar-refractivity contribution < 1.29 is 4.74 Å². The van der Waals surface area contributed by atoms with Crippen molar-refractivity contribution in [3.05, 3.63) is 66.4 Å². The van der Waals surface area contributed by atoms with Crippen LogP contribution in [0.3, 0.4) is 0 Å². The molecule has 0 amide bonds. The Morgan fingerprint density at radius 1 is 1.04 bits per heavy atom. The van der Waals surface area contributed by atoms with Gasteiger partial charge in [-0.05, 0) is 30.9 Å². The number of aryl methyl sites for hydroxylation is 1. The molecule has 4 heteroatoms. The van der Waals surface area contributed by atoms with Gasteiger partial charge in [0.05, 0.1) is 6.61 Å². The number of methoxy groups -OCH3 is 1. The Balaban J connectivity index is 2.03. The second kappa shape index (κ2) is 7.41. The quantitative estimate of drug-likeness (QED) is 0.489. The van der Waals surface area contributed by atoms with Crippen LogP contribution in [-0.2, 0) is 4.74 Å². The molecule has 0 saturated heterocycles. The van der Waals surface area contributed by atoms with E-state index in [-0.39, 0.29) is 0 Å². The molecule has 0 aliphatic carbocycles. The SMILES string of the molecule is CCN(CCOC)c1c(-c2ccccc2C)nc2c3ccccc3ccn12. The van der Waals surface area contributed by atoms with Crippen molar-refractivity contribution in [3.8, 4) is 11.3 Å². The van der Waals surface area contributed by atoms with Crippen LogP contribution in [0.5, 0.6) is 0 Å². The van der Waals surface area contributed by atoms with E-state index in [1.165, 1.54) is 21.9 Å². The minimum atomic E-state index is 0.682. The summed E-state index contributed by atoms with van der Waals surface area (Å²) in [6.45, 7) is 6.72. The summed E-state index contributed by atoms with van der Waals surface area (Å²) in [4.78, 5) is 7.48. The number of nitrogens with zero attached hydrogens (tertiary/aromatic N) is 3. The summed E-state index contributed by atoms with van der Waals surface area (Å²) >= 11 is 0. The molecule has 0 bridgehead atoms. The molecule has 0 atom stereocenters. The summed E-state index contributed by atoms with van der Waals surface area (Å²) in [5, 5.41) is 2.38. The Bertz CT molecular complexity index is 1080. The largest absolute Gasteiger partial charge is 0.383 e. The zero-order valence-corrected chi connectivity index (χ0v) is 16.1. The lowest BCUT2D eigenvalue weighted by atomic mass is 10.1. The predicted octanol–water partition coefficient (Wildman–Crippen LogP) is 4.94. The second-order valence-electron chi connectivity index (χ2n) is 6.77. The Labute approximate surface area is 160 Å². The molecular formula is C23H25N3O. The molecule has 0 fully saturated rings. The van der Waals surface area contributed by atoms with Gasteiger partial charge in [0.25, 0.3) is 0 Å². The van der Waals surface area contributed by atoms with Gasteiger partial charge in [-0.1, -0.05) is 48.5 Å². The fourth-order valence-corrected chi connectivity index (χ4v) is 3.69. The minimum Gasteiger partial charge on any atom is -0.383 e. The second-order valence-corrected chi connectivity index (χ2v) is 6.77. The number of hydrogen-bond donors (Lipinski definition) is 0. The highest BCUT2D eigenvalue weighted by Crippen LogP contribution is 2.35. The predicted molar refractivity (Wildman–Crippen MR) is 113 cm³/mol. The Hall–Kier alpha value is -2.85. The Morgan fingerprint density at radius 3 is 2.59 bits per heavy atom. The molecule has 0 aliphatic heterocycles. The molecule has 27 heavy (non-hydrogen) atoms. The van der Waals surface area contributed by atoms with Crippen LogP contribution in [0.15, 0.2) is 60.8 Å². The van der Waals surface area contributed by atoms with Crippen LogP contribution in [0.4, 0.5) is 5.82 Å². The summed E-state index contributed by atoms with van der Waals surface area (Å²) in [6.07, 6.45) is 2.14. The van der Waals surface area contributed by atoms with E-state index in [1.807, 2.05) is 0 Å². The van der Waals surface area contributed by atoms with E-state index in [9.17, 15) is 0 Å². The standard InChI is InChI=1S/C23H25N3O/c1-4-25(15-16-27-3)23-21(19-11-7-5-9-17(19)2)24-22-20-12-8-6-10-18(20)13-14-26(22)23/h5-14H,4,15-16H2,1-3H3. The molecule has 4 nitrogen and oxygen atoms in total. The van der Waals surface area contributed by atoms with Crippen LogP contribution in [0.25, 0.3) is 27.7 Å². The van der Waals surface area contributed by atoms with Crippen LogP contribution in [0.2, 0.25) is 0 Å². The average Bonchev–Trinajstić information content (AvgIpc) is 3.09. The smallest absolute Gasteiger partial charge is 0.147 e. The lowest BCUT2D eigenvalue weighted by molar-refractivity contribution is 0.205. The van der Waals surface area contributed by atoms with Gasteiger partial charge in [-0.2, -0.15) is 0 Å². The summed E-state index contributed by atoms with van der Waals surface area (Å²) in [5.41, 5.74) is 4.44. The lowest BCUT2D eigenvalue weighted by Gasteiger charge is -2.24. The molecule has 0 N–H and O–H groups in total. The van der Waals surface area contributed by atoms with Gasteiger partial charge >= 0.3 is 0 Å². The number of anilines is 1. The summed E-state index contributed by atoms with van der Waals surface area (Å²) < 4.78 is 7.58. The summed E-state index contributed by atoms with van der Waals surface area (Å²) in [7, 11) is 1.75. The normalized spacial score (nSPS) is 11.4. The van der Waals surface area contributed by atoms with E-state index >= 15 is 0 Å². The van der Waals surface area contributed by atoms with E-state index in [0.717, 1.165) is 30.2 Å². The van der Waals surface area contributed by atoms with Crippen LogP contribution >= 0.6 is 0 Å². The molecule has 2 aromatic carbocycles. The number of rotatable bonds is 6. The van der Waals surface area contributed by atoms with E-state index in [0.29, 0.717) is 6.61 Å². The molecule has 0 aliphatic rings. The molecule has 2 heterocycles. The monoisotopic (exact) mass is 359 g/mol. The number of benzene rings is 2. The molecule has 138 valence electrons. The van der Waals surface area contributed by atoms with Gasteiger partial charge in [0.1, 0.15) is 17.2 Å². The zero-order chi connectivity index (χ0) is 18.8. The van der Waals surface area contributed by atoms with Crippen molar-refractivity contribution >= 4 is 22.2 Å². The van der Waals surface area contributed by atoms with Gasteiger partial charge < -0.3 is 9.64 Å². The average molecular weight is 359 g/mol. The number of imidazole rings is 1. The Kier molecular flexibility index (Phi) is 4.82. The fraction of sp³-hybridized carbons (Fsp3) is 0.261.